The number of rotatable bonds is 6. The first kappa shape index (κ1) is 19.0. The molecule has 29 heavy (non-hydrogen) atoms. The molecule has 7 nitrogen and oxygen atoms in total. The summed E-state index contributed by atoms with van der Waals surface area (Å²) in [7, 11) is 1.69. The number of para-hydroxylation sites is 1. The molecule has 7 heteroatoms. The van der Waals surface area contributed by atoms with Gasteiger partial charge in [-0.25, -0.2) is 9.97 Å². The molecule has 1 fully saturated rings. The van der Waals surface area contributed by atoms with E-state index in [2.05, 4.69) is 31.2 Å². The molecule has 0 radical (unpaired) electrons. The van der Waals surface area contributed by atoms with E-state index >= 15 is 0 Å². The lowest BCUT2D eigenvalue weighted by Gasteiger charge is -2.36. The number of hydrogen-bond acceptors (Lipinski definition) is 7. The van der Waals surface area contributed by atoms with Gasteiger partial charge in [0.2, 0.25) is 5.95 Å². The highest BCUT2D eigenvalue weighted by molar-refractivity contribution is 5.48. The average molecular weight is 390 g/mol. The summed E-state index contributed by atoms with van der Waals surface area (Å²) in [4.78, 5) is 18.4. The Kier molecular flexibility index (Phi) is 5.74. The van der Waals surface area contributed by atoms with Crippen molar-refractivity contribution in [2.75, 3.05) is 48.4 Å². The standard InChI is InChI=1S/C22H26N6O/c1-17-15-21(28-13-11-27(12-14-28)20-9-5-6-10-23-20)26-22(25-17)24-16-18-7-3-4-8-19(18)29-2/h3-10,15H,11-14,16H2,1-2H3,(H,24,25,26). The Balaban J connectivity index is 1.42. The van der Waals surface area contributed by atoms with Gasteiger partial charge in [-0.15, -0.1) is 0 Å². The van der Waals surface area contributed by atoms with Crippen LogP contribution in [0.3, 0.4) is 0 Å². The van der Waals surface area contributed by atoms with Crippen LogP contribution in [0.5, 0.6) is 5.75 Å². The lowest BCUT2D eigenvalue weighted by molar-refractivity contribution is 0.410. The van der Waals surface area contributed by atoms with Crippen LogP contribution in [0, 0.1) is 6.92 Å². The van der Waals surface area contributed by atoms with Crippen LogP contribution in [0.2, 0.25) is 0 Å². The van der Waals surface area contributed by atoms with E-state index in [0.717, 1.165) is 54.8 Å². The van der Waals surface area contributed by atoms with E-state index < -0.39 is 0 Å². The van der Waals surface area contributed by atoms with Crippen LogP contribution in [0.25, 0.3) is 0 Å². The van der Waals surface area contributed by atoms with Gasteiger partial charge in [-0.05, 0) is 25.1 Å². The van der Waals surface area contributed by atoms with Gasteiger partial charge < -0.3 is 19.9 Å². The Morgan fingerprint density at radius 3 is 2.38 bits per heavy atom. The van der Waals surface area contributed by atoms with Crippen LogP contribution in [0.15, 0.2) is 54.7 Å². The van der Waals surface area contributed by atoms with Gasteiger partial charge in [-0.2, -0.15) is 4.98 Å². The summed E-state index contributed by atoms with van der Waals surface area (Å²) in [6.45, 7) is 6.26. The number of benzene rings is 1. The number of nitrogens with one attached hydrogen (secondary N) is 1. The Morgan fingerprint density at radius 2 is 1.66 bits per heavy atom. The predicted octanol–water partition coefficient (Wildman–Crippen LogP) is 3.13. The van der Waals surface area contributed by atoms with Crippen LogP contribution in [0.1, 0.15) is 11.3 Å². The van der Waals surface area contributed by atoms with Crippen molar-refractivity contribution in [3.63, 3.8) is 0 Å². The fourth-order valence-corrected chi connectivity index (χ4v) is 3.52. The SMILES string of the molecule is COc1ccccc1CNc1nc(C)cc(N2CCN(c3ccccn3)CC2)n1. The minimum atomic E-state index is 0.611. The zero-order valence-electron chi connectivity index (χ0n) is 16.9. The normalized spacial score (nSPS) is 14.0. The second-order valence-corrected chi connectivity index (χ2v) is 7.02. The largest absolute Gasteiger partial charge is 0.496 e. The smallest absolute Gasteiger partial charge is 0.225 e. The molecular weight excluding hydrogens is 364 g/mol. The summed E-state index contributed by atoms with van der Waals surface area (Å²) in [5.41, 5.74) is 2.02. The minimum absolute atomic E-state index is 0.611. The third-order valence-corrected chi connectivity index (χ3v) is 5.05. The molecule has 3 heterocycles. The molecule has 0 aliphatic carbocycles. The average Bonchev–Trinajstić information content (AvgIpc) is 2.78. The van der Waals surface area contributed by atoms with Crippen molar-refractivity contribution in [3.8, 4) is 5.75 Å². The quantitative estimate of drug-likeness (QED) is 0.694. The lowest BCUT2D eigenvalue weighted by atomic mass is 10.2. The monoisotopic (exact) mass is 390 g/mol. The molecule has 0 bridgehead atoms. The van der Waals surface area contributed by atoms with Crippen molar-refractivity contribution >= 4 is 17.6 Å². The fraction of sp³-hybridized carbons (Fsp3) is 0.318. The molecule has 1 N–H and O–H groups in total. The molecule has 3 aromatic rings. The van der Waals surface area contributed by atoms with Gasteiger partial charge in [0.25, 0.3) is 0 Å². The van der Waals surface area contributed by atoms with E-state index in [4.69, 9.17) is 9.72 Å². The van der Waals surface area contributed by atoms with Crippen molar-refractivity contribution in [1.29, 1.82) is 0 Å². The molecule has 1 aliphatic heterocycles. The number of anilines is 3. The molecule has 0 saturated carbocycles. The molecule has 1 aromatic carbocycles. The summed E-state index contributed by atoms with van der Waals surface area (Å²) in [5, 5.41) is 3.34. The summed E-state index contributed by atoms with van der Waals surface area (Å²) in [6.07, 6.45) is 1.84. The number of nitrogens with zero attached hydrogens (tertiary/aromatic N) is 5. The molecule has 150 valence electrons. The number of ether oxygens (including phenoxy) is 1. The molecule has 0 atom stereocenters. The first-order valence-electron chi connectivity index (χ1n) is 9.85. The van der Waals surface area contributed by atoms with Gasteiger partial charge in [0.15, 0.2) is 0 Å². The number of methoxy groups -OCH3 is 1. The lowest BCUT2D eigenvalue weighted by Crippen LogP contribution is -2.47. The van der Waals surface area contributed by atoms with Crippen LogP contribution in [-0.2, 0) is 6.54 Å². The second kappa shape index (κ2) is 8.77. The Bertz CT molecular complexity index is 941. The Morgan fingerprint density at radius 1 is 0.931 bits per heavy atom. The van der Waals surface area contributed by atoms with E-state index in [1.807, 2.05) is 55.6 Å². The Labute approximate surface area is 171 Å². The van der Waals surface area contributed by atoms with E-state index in [0.29, 0.717) is 12.5 Å². The topological polar surface area (TPSA) is 66.4 Å². The number of pyridine rings is 1. The molecule has 0 amide bonds. The van der Waals surface area contributed by atoms with Gasteiger partial charge in [0.1, 0.15) is 17.4 Å². The van der Waals surface area contributed by atoms with Crippen LogP contribution >= 0.6 is 0 Å². The van der Waals surface area contributed by atoms with Crippen LogP contribution in [0.4, 0.5) is 17.6 Å². The van der Waals surface area contributed by atoms with E-state index in [-0.39, 0.29) is 0 Å². The van der Waals surface area contributed by atoms with E-state index in [1.54, 1.807) is 7.11 Å². The summed E-state index contributed by atoms with van der Waals surface area (Å²) in [5.74, 6) is 3.49. The van der Waals surface area contributed by atoms with Crippen molar-refractivity contribution in [3.05, 3.63) is 66.0 Å². The summed E-state index contributed by atoms with van der Waals surface area (Å²) in [6, 6.07) is 16.1. The third-order valence-electron chi connectivity index (χ3n) is 5.05. The number of aromatic nitrogens is 3. The first-order chi connectivity index (χ1) is 14.2. The molecular formula is C22H26N6O. The number of hydrogen-bond donors (Lipinski definition) is 1. The van der Waals surface area contributed by atoms with Gasteiger partial charge in [-0.3, -0.25) is 0 Å². The van der Waals surface area contributed by atoms with Crippen molar-refractivity contribution in [2.24, 2.45) is 0 Å². The molecule has 2 aromatic heterocycles. The molecule has 0 unspecified atom stereocenters. The maximum absolute atomic E-state index is 5.42. The zero-order valence-corrected chi connectivity index (χ0v) is 16.9. The predicted molar refractivity (Wildman–Crippen MR) is 116 cm³/mol. The molecule has 0 spiro atoms. The second-order valence-electron chi connectivity index (χ2n) is 7.02. The zero-order chi connectivity index (χ0) is 20.1. The van der Waals surface area contributed by atoms with Crippen LogP contribution < -0.4 is 19.9 Å². The van der Waals surface area contributed by atoms with Gasteiger partial charge in [0, 0.05) is 56.2 Å². The minimum Gasteiger partial charge on any atom is -0.496 e. The highest BCUT2D eigenvalue weighted by Crippen LogP contribution is 2.21. The van der Waals surface area contributed by atoms with E-state index in [1.165, 1.54) is 0 Å². The molecule has 1 aliphatic rings. The maximum Gasteiger partial charge on any atom is 0.225 e. The molecule has 4 rings (SSSR count). The summed E-state index contributed by atoms with van der Waals surface area (Å²) >= 11 is 0. The third kappa shape index (κ3) is 4.56. The fourth-order valence-electron chi connectivity index (χ4n) is 3.52. The maximum atomic E-state index is 5.42. The van der Waals surface area contributed by atoms with Crippen molar-refractivity contribution in [1.82, 2.24) is 15.0 Å². The van der Waals surface area contributed by atoms with Crippen molar-refractivity contribution in [2.45, 2.75) is 13.5 Å². The molecule has 1 saturated heterocycles. The van der Waals surface area contributed by atoms with Crippen LogP contribution in [-0.4, -0.2) is 48.2 Å². The van der Waals surface area contributed by atoms with Crippen molar-refractivity contribution < 1.29 is 4.74 Å². The highest BCUT2D eigenvalue weighted by Gasteiger charge is 2.19. The van der Waals surface area contributed by atoms with Gasteiger partial charge >= 0.3 is 0 Å². The Hall–Kier alpha value is -3.35. The van der Waals surface area contributed by atoms with E-state index in [9.17, 15) is 0 Å². The summed E-state index contributed by atoms with van der Waals surface area (Å²) < 4.78 is 5.42. The first-order valence-corrected chi connectivity index (χ1v) is 9.85. The number of aryl methyl sites for hydroxylation is 1. The van der Waals surface area contributed by atoms with Gasteiger partial charge in [0.05, 0.1) is 7.11 Å². The van der Waals surface area contributed by atoms with Gasteiger partial charge in [-0.1, -0.05) is 24.3 Å². The number of piperazine rings is 1. The highest BCUT2D eigenvalue weighted by atomic mass is 16.5.